The van der Waals surface area contributed by atoms with Crippen molar-refractivity contribution in [3.8, 4) is 0 Å². The highest BCUT2D eigenvalue weighted by molar-refractivity contribution is 8.01. The number of hydrogen-bond acceptors (Lipinski definition) is 4. The standard InChI is InChI=1S/C22H24N4O3S/c1-14-8-9-16(24-21(29)23-15-6-4-3-5-7-15)12-17(14)25-20(28)18-13-30-22(2)11-10-19(27)26(18)22/h3-9,12,18H,10-11,13H2,1-2H3,(H,25,28)(H2,23,24,29). The molecule has 2 aliphatic rings. The molecule has 156 valence electrons. The maximum Gasteiger partial charge on any atom is 0.323 e. The van der Waals surface area contributed by atoms with Crippen molar-refractivity contribution < 1.29 is 14.4 Å². The van der Waals surface area contributed by atoms with Gasteiger partial charge >= 0.3 is 6.03 Å². The van der Waals surface area contributed by atoms with Gasteiger partial charge in [-0.1, -0.05) is 24.3 Å². The maximum atomic E-state index is 13.0. The van der Waals surface area contributed by atoms with Crippen LogP contribution in [0.15, 0.2) is 48.5 Å². The van der Waals surface area contributed by atoms with Crippen molar-refractivity contribution >= 4 is 46.7 Å². The van der Waals surface area contributed by atoms with Gasteiger partial charge in [0.05, 0.1) is 4.87 Å². The first kappa shape index (κ1) is 20.3. The van der Waals surface area contributed by atoms with E-state index in [-0.39, 0.29) is 22.7 Å². The van der Waals surface area contributed by atoms with E-state index in [1.54, 1.807) is 40.9 Å². The summed E-state index contributed by atoms with van der Waals surface area (Å²) in [7, 11) is 0. The number of fused-ring (bicyclic) bond motifs is 1. The lowest BCUT2D eigenvalue weighted by Gasteiger charge is -2.30. The molecule has 0 radical (unpaired) electrons. The van der Waals surface area contributed by atoms with E-state index >= 15 is 0 Å². The first-order chi connectivity index (χ1) is 14.4. The summed E-state index contributed by atoms with van der Waals surface area (Å²) in [5, 5.41) is 8.49. The van der Waals surface area contributed by atoms with Crippen molar-refractivity contribution in [1.29, 1.82) is 0 Å². The summed E-state index contributed by atoms with van der Waals surface area (Å²) in [5.74, 6) is 0.424. The van der Waals surface area contributed by atoms with Crippen LogP contribution in [0.1, 0.15) is 25.3 Å². The predicted molar refractivity (Wildman–Crippen MR) is 120 cm³/mol. The van der Waals surface area contributed by atoms with E-state index in [0.717, 1.165) is 12.0 Å². The first-order valence-electron chi connectivity index (χ1n) is 9.86. The molecule has 4 rings (SSSR count). The Hall–Kier alpha value is -3.00. The van der Waals surface area contributed by atoms with Gasteiger partial charge < -0.3 is 20.9 Å². The van der Waals surface area contributed by atoms with Gasteiger partial charge in [0.2, 0.25) is 11.8 Å². The fourth-order valence-electron chi connectivity index (χ4n) is 3.88. The molecule has 2 aromatic rings. The van der Waals surface area contributed by atoms with Crippen molar-refractivity contribution in [3.63, 3.8) is 0 Å². The molecule has 0 aliphatic carbocycles. The van der Waals surface area contributed by atoms with Gasteiger partial charge in [-0.2, -0.15) is 0 Å². The van der Waals surface area contributed by atoms with Crippen LogP contribution in [0.4, 0.5) is 21.9 Å². The Bertz CT molecular complexity index is 997. The summed E-state index contributed by atoms with van der Waals surface area (Å²) in [6, 6.07) is 13.6. The number of amides is 4. The molecule has 0 aromatic heterocycles. The van der Waals surface area contributed by atoms with E-state index in [2.05, 4.69) is 16.0 Å². The zero-order valence-electron chi connectivity index (χ0n) is 16.9. The molecule has 2 heterocycles. The molecule has 0 bridgehead atoms. The maximum absolute atomic E-state index is 13.0. The van der Waals surface area contributed by atoms with Crippen LogP contribution in [0, 0.1) is 6.92 Å². The number of benzene rings is 2. The lowest BCUT2D eigenvalue weighted by molar-refractivity contribution is -0.135. The molecule has 2 saturated heterocycles. The Balaban J connectivity index is 1.44. The summed E-state index contributed by atoms with van der Waals surface area (Å²) >= 11 is 1.66. The number of rotatable bonds is 4. The van der Waals surface area contributed by atoms with Gasteiger partial charge in [0.15, 0.2) is 0 Å². The van der Waals surface area contributed by atoms with Crippen LogP contribution in [0.25, 0.3) is 0 Å². The van der Waals surface area contributed by atoms with E-state index in [9.17, 15) is 14.4 Å². The van der Waals surface area contributed by atoms with Crippen molar-refractivity contribution in [2.45, 2.75) is 37.6 Å². The second kappa shape index (κ2) is 8.02. The molecule has 2 aliphatic heterocycles. The number of hydrogen-bond donors (Lipinski definition) is 3. The third-order valence-corrected chi connectivity index (χ3v) is 7.04. The summed E-state index contributed by atoms with van der Waals surface area (Å²) in [5.41, 5.74) is 2.74. The highest BCUT2D eigenvalue weighted by Crippen LogP contribution is 2.47. The van der Waals surface area contributed by atoms with E-state index in [4.69, 9.17) is 0 Å². The number of thioether (sulfide) groups is 1. The van der Waals surface area contributed by atoms with Crippen LogP contribution < -0.4 is 16.0 Å². The molecular formula is C22H24N4O3S. The number of anilines is 3. The number of nitrogens with zero attached hydrogens (tertiary/aromatic N) is 1. The molecule has 30 heavy (non-hydrogen) atoms. The molecule has 2 atom stereocenters. The van der Waals surface area contributed by atoms with Crippen molar-refractivity contribution in [2.75, 3.05) is 21.7 Å². The van der Waals surface area contributed by atoms with E-state index in [1.807, 2.05) is 38.1 Å². The quantitative estimate of drug-likeness (QED) is 0.691. The Labute approximate surface area is 179 Å². The monoisotopic (exact) mass is 424 g/mol. The fourth-order valence-corrected chi connectivity index (χ4v) is 5.31. The third-order valence-electron chi connectivity index (χ3n) is 5.53. The van der Waals surface area contributed by atoms with Gasteiger partial charge in [-0.3, -0.25) is 9.59 Å². The number of aryl methyl sites for hydroxylation is 1. The number of nitrogens with one attached hydrogen (secondary N) is 3. The van der Waals surface area contributed by atoms with Gasteiger partial charge in [-0.05, 0) is 50.1 Å². The minimum Gasteiger partial charge on any atom is -0.324 e. The summed E-state index contributed by atoms with van der Waals surface area (Å²) < 4.78 is 0. The molecule has 8 heteroatoms. The fraction of sp³-hybridized carbons (Fsp3) is 0.318. The first-order valence-corrected chi connectivity index (χ1v) is 10.8. The topological polar surface area (TPSA) is 90.5 Å². The molecular weight excluding hydrogens is 400 g/mol. The SMILES string of the molecule is Cc1ccc(NC(=O)Nc2ccccc2)cc1NC(=O)C1CSC2(C)CCC(=O)N12. The van der Waals surface area contributed by atoms with Crippen molar-refractivity contribution in [2.24, 2.45) is 0 Å². The van der Waals surface area contributed by atoms with Gasteiger partial charge in [-0.25, -0.2) is 4.79 Å². The summed E-state index contributed by atoms with van der Waals surface area (Å²) in [4.78, 5) is 39.0. The smallest absolute Gasteiger partial charge is 0.323 e. The Morgan fingerprint density at radius 2 is 1.80 bits per heavy atom. The molecule has 2 aromatic carbocycles. The normalized spacial score (nSPS) is 22.5. The molecule has 0 spiro atoms. The second-order valence-corrected chi connectivity index (χ2v) is 9.23. The minimum absolute atomic E-state index is 0.0346. The Kier molecular flexibility index (Phi) is 5.42. The average molecular weight is 425 g/mol. The highest BCUT2D eigenvalue weighted by atomic mass is 32.2. The molecule has 4 amide bonds. The number of carbonyl (C=O) groups excluding carboxylic acids is 3. The van der Waals surface area contributed by atoms with Crippen LogP contribution in [0.2, 0.25) is 0 Å². The average Bonchev–Trinajstić information content (AvgIpc) is 3.21. The largest absolute Gasteiger partial charge is 0.324 e. The third kappa shape index (κ3) is 4.00. The lowest BCUT2D eigenvalue weighted by Crippen LogP contribution is -2.48. The van der Waals surface area contributed by atoms with Crippen LogP contribution in [-0.4, -0.2) is 39.4 Å². The van der Waals surface area contributed by atoms with Gasteiger partial charge in [-0.15, -0.1) is 11.8 Å². The van der Waals surface area contributed by atoms with E-state index in [0.29, 0.717) is 29.2 Å². The molecule has 2 unspecified atom stereocenters. The highest BCUT2D eigenvalue weighted by Gasteiger charge is 2.52. The van der Waals surface area contributed by atoms with Gasteiger partial charge in [0.25, 0.3) is 0 Å². The second-order valence-electron chi connectivity index (χ2n) is 7.73. The van der Waals surface area contributed by atoms with E-state index in [1.165, 1.54) is 0 Å². The Morgan fingerprint density at radius 1 is 1.07 bits per heavy atom. The summed E-state index contributed by atoms with van der Waals surface area (Å²) in [6.45, 7) is 3.91. The van der Waals surface area contributed by atoms with Crippen LogP contribution in [-0.2, 0) is 9.59 Å². The lowest BCUT2D eigenvalue weighted by atomic mass is 10.1. The molecule has 2 fully saturated rings. The molecule has 7 nitrogen and oxygen atoms in total. The number of carbonyl (C=O) groups is 3. The zero-order valence-corrected chi connectivity index (χ0v) is 17.7. The molecule has 3 N–H and O–H groups in total. The number of para-hydroxylation sites is 1. The molecule has 0 saturated carbocycles. The zero-order chi connectivity index (χ0) is 21.3. The van der Waals surface area contributed by atoms with Crippen molar-refractivity contribution in [3.05, 3.63) is 54.1 Å². The van der Waals surface area contributed by atoms with Gasteiger partial charge in [0.1, 0.15) is 6.04 Å². The van der Waals surface area contributed by atoms with Crippen LogP contribution >= 0.6 is 11.8 Å². The summed E-state index contributed by atoms with van der Waals surface area (Å²) in [6.07, 6.45) is 1.26. The van der Waals surface area contributed by atoms with Crippen molar-refractivity contribution in [1.82, 2.24) is 4.90 Å². The van der Waals surface area contributed by atoms with Crippen LogP contribution in [0.5, 0.6) is 0 Å². The number of urea groups is 1. The van der Waals surface area contributed by atoms with E-state index < -0.39 is 6.04 Å². The van der Waals surface area contributed by atoms with Gasteiger partial charge in [0, 0.05) is 29.2 Å². The predicted octanol–water partition coefficient (Wildman–Crippen LogP) is 4.03. The minimum atomic E-state index is -0.479. The Morgan fingerprint density at radius 3 is 2.57 bits per heavy atom. The van der Waals surface area contributed by atoms with Crippen LogP contribution in [0.3, 0.4) is 0 Å².